The van der Waals surface area contributed by atoms with Gasteiger partial charge in [0.15, 0.2) is 5.82 Å². The fraction of sp³-hybridized carbons (Fsp3) is 0.0732. The first kappa shape index (κ1) is 25.0. The lowest BCUT2D eigenvalue weighted by atomic mass is 9.80. The van der Waals surface area contributed by atoms with Crippen LogP contribution < -0.4 is 0 Å². The van der Waals surface area contributed by atoms with Crippen molar-refractivity contribution < 1.29 is 0 Å². The van der Waals surface area contributed by atoms with Crippen LogP contribution in [-0.4, -0.2) is 14.5 Å². The molecule has 0 bridgehead atoms. The van der Waals surface area contributed by atoms with Crippen LogP contribution in [0.5, 0.6) is 0 Å². The van der Waals surface area contributed by atoms with Gasteiger partial charge in [-0.25, -0.2) is 9.97 Å². The Hall–Kier alpha value is -5.54. The van der Waals surface area contributed by atoms with E-state index in [0.717, 1.165) is 28.3 Å². The summed E-state index contributed by atoms with van der Waals surface area (Å²) in [5, 5.41) is 6.35. The summed E-state index contributed by atoms with van der Waals surface area (Å²) in [4.78, 5) is 10.3. The molecule has 0 unspecified atom stereocenters. The van der Waals surface area contributed by atoms with Gasteiger partial charge in [0.25, 0.3) is 0 Å². The van der Waals surface area contributed by atoms with Crippen LogP contribution in [0, 0.1) is 0 Å². The molecule has 44 heavy (non-hydrogen) atoms. The summed E-state index contributed by atoms with van der Waals surface area (Å²) in [7, 11) is 0. The van der Waals surface area contributed by atoms with Crippen molar-refractivity contribution in [3.63, 3.8) is 0 Å². The standard InChI is InChI=1S/C41H29N3/c1-41(2)33-24-14-13-23-32(33)39-36(41)35-30-21-11-9-19-28(30)29-20-10-12-22-31(29)38(35)44(39)34-25-42-40(27-17-7-4-8-18-27)43-37(34)26-15-5-3-6-16-26/h3-25H,1-2H3. The third kappa shape index (κ3) is 3.38. The zero-order chi connectivity index (χ0) is 29.4. The molecule has 2 heterocycles. The molecule has 0 radical (unpaired) electrons. The Morgan fingerprint density at radius 3 is 1.86 bits per heavy atom. The van der Waals surface area contributed by atoms with Gasteiger partial charge in [-0.15, -0.1) is 0 Å². The maximum Gasteiger partial charge on any atom is 0.159 e. The number of aromatic nitrogens is 3. The minimum absolute atomic E-state index is 0.196. The molecule has 3 nitrogen and oxygen atoms in total. The Kier molecular flexibility index (Phi) is 5.24. The first-order valence-electron chi connectivity index (χ1n) is 15.2. The van der Waals surface area contributed by atoms with E-state index >= 15 is 0 Å². The normalized spacial score (nSPS) is 13.4. The number of hydrogen-bond donors (Lipinski definition) is 0. The maximum absolute atomic E-state index is 5.30. The highest BCUT2D eigenvalue weighted by Crippen LogP contribution is 2.56. The Morgan fingerprint density at radius 1 is 0.568 bits per heavy atom. The van der Waals surface area contributed by atoms with Crippen LogP contribution >= 0.6 is 0 Å². The van der Waals surface area contributed by atoms with Gasteiger partial charge in [-0.05, 0) is 27.3 Å². The van der Waals surface area contributed by atoms with E-state index in [1.165, 1.54) is 54.8 Å². The zero-order valence-electron chi connectivity index (χ0n) is 24.6. The van der Waals surface area contributed by atoms with Crippen LogP contribution in [0.15, 0.2) is 140 Å². The predicted molar refractivity (Wildman–Crippen MR) is 182 cm³/mol. The SMILES string of the molecule is CC1(C)c2ccccc2-c2c1c1c3ccccc3c3ccccc3c1n2-c1cnc(-c2ccccc2)nc1-c1ccccc1. The Labute approximate surface area is 256 Å². The summed E-state index contributed by atoms with van der Waals surface area (Å²) < 4.78 is 2.48. The smallest absolute Gasteiger partial charge is 0.159 e. The van der Waals surface area contributed by atoms with Crippen molar-refractivity contribution in [1.29, 1.82) is 0 Å². The Morgan fingerprint density at radius 2 is 1.14 bits per heavy atom. The molecular formula is C41H29N3. The van der Waals surface area contributed by atoms with E-state index in [2.05, 4.69) is 134 Å². The molecule has 0 amide bonds. The van der Waals surface area contributed by atoms with Gasteiger partial charge in [-0.3, -0.25) is 0 Å². The quantitative estimate of drug-likeness (QED) is 0.200. The lowest BCUT2D eigenvalue weighted by Gasteiger charge is -2.22. The summed E-state index contributed by atoms with van der Waals surface area (Å²) in [6.45, 7) is 4.75. The van der Waals surface area contributed by atoms with Crippen molar-refractivity contribution in [2.75, 3.05) is 0 Å². The summed E-state index contributed by atoms with van der Waals surface area (Å²) in [5.74, 6) is 0.720. The van der Waals surface area contributed by atoms with Crippen molar-refractivity contribution in [3.05, 3.63) is 151 Å². The summed E-state index contributed by atoms with van der Waals surface area (Å²) in [6, 6.07) is 47.4. The topological polar surface area (TPSA) is 30.7 Å². The Balaban J connectivity index is 1.52. The second kappa shape index (κ2) is 9.23. The van der Waals surface area contributed by atoms with Crippen molar-refractivity contribution in [3.8, 4) is 39.6 Å². The minimum Gasteiger partial charge on any atom is -0.305 e. The molecule has 6 aromatic carbocycles. The van der Waals surface area contributed by atoms with E-state index in [0.29, 0.717) is 0 Å². The number of rotatable bonds is 3. The molecule has 8 aromatic rings. The zero-order valence-corrected chi connectivity index (χ0v) is 24.6. The fourth-order valence-electron chi connectivity index (χ4n) is 7.50. The van der Waals surface area contributed by atoms with Crippen LogP contribution in [0.2, 0.25) is 0 Å². The highest BCUT2D eigenvalue weighted by molar-refractivity contribution is 6.27. The molecule has 0 spiro atoms. The number of nitrogens with zero attached hydrogens (tertiary/aromatic N) is 3. The first-order chi connectivity index (χ1) is 21.6. The number of benzene rings is 6. The monoisotopic (exact) mass is 563 g/mol. The largest absolute Gasteiger partial charge is 0.305 e. The second-order valence-electron chi connectivity index (χ2n) is 12.2. The fourth-order valence-corrected chi connectivity index (χ4v) is 7.50. The van der Waals surface area contributed by atoms with E-state index < -0.39 is 0 Å². The second-order valence-corrected chi connectivity index (χ2v) is 12.2. The van der Waals surface area contributed by atoms with Crippen LogP contribution in [-0.2, 0) is 5.41 Å². The molecule has 2 aromatic heterocycles. The molecule has 0 saturated heterocycles. The van der Waals surface area contributed by atoms with Crippen molar-refractivity contribution in [1.82, 2.24) is 14.5 Å². The highest BCUT2D eigenvalue weighted by Gasteiger charge is 2.42. The number of fused-ring (bicyclic) bond motifs is 10. The minimum atomic E-state index is -0.196. The molecule has 0 atom stereocenters. The van der Waals surface area contributed by atoms with E-state index in [1.807, 2.05) is 24.4 Å². The number of hydrogen-bond acceptors (Lipinski definition) is 2. The van der Waals surface area contributed by atoms with Crippen LogP contribution in [0.3, 0.4) is 0 Å². The van der Waals surface area contributed by atoms with Crippen molar-refractivity contribution >= 4 is 32.4 Å². The van der Waals surface area contributed by atoms with E-state index in [9.17, 15) is 0 Å². The molecule has 1 aliphatic carbocycles. The van der Waals surface area contributed by atoms with Gasteiger partial charge < -0.3 is 4.57 Å². The van der Waals surface area contributed by atoms with Gasteiger partial charge in [-0.1, -0.05) is 147 Å². The molecule has 0 N–H and O–H groups in total. The van der Waals surface area contributed by atoms with Gasteiger partial charge >= 0.3 is 0 Å². The van der Waals surface area contributed by atoms with Gasteiger partial charge in [0, 0.05) is 32.9 Å². The first-order valence-corrected chi connectivity index (χ1v) is 15.2. The van der Waals surface area contributed by atoms with Crippen LogP contribution in [0.25, 0.3) is 72.0 Å². The van der Waals surface area contributed by atoms with Crippen LogP contribution in [0.1, 0.15) is 25.0 Å². The third-order valence-electron chi connectivity index (χ3n) is 9.41. The lowest BCUT2D eigenvalue weighted by molar-refractivity contribution is 0.666. The van der Waals surface area contributed by atoms with Gasteiger partial charge in [0.2, 0.25) is 0 Å². The van der Waals surface area contributed by atoms with Gasteiger partial charge in [-0.2, -0.15) is 0 Å². The van der Waals surface area contributed by atoms with Crippen LogP contribution in [0.4, 0.5) is 0 Å². The van der Waals surface area contributed by atoms with Gasteiger partial charge in [0.05, 0.1) is 28.8 Å². The van der Waals surface area contributed by atoms with Crippen molar-refractivity contribution in [2.24, 2.45) is 0 Å². The Bertz CT molecular complexity index is 2400. The third-order valence-corrected chi connectivity index (χ3v) is 9.41. The average Bonchev–Trinajstić information content (AvgIpc) is 3.57. The summed E-state index contributed by atoms with van der Waals surface area (Å²) in [5.41, 5.74) is 10.2. The maximum atomic E-state index is 5.30. The highest BCUT2D eigenvalue weighted by atomic mass is 15.1. The van der Waals surface area contributed by atoms with Crippen molar-refractivity contribution in [2.45, 2.75) is 19.3 Å². The summed E-state index contributed by atoms with van der Waals surface area (Å²) >= 11 is 0. The molecular weight excluding hydrogens is 534 g/mol. The molecule has 208 valence electrons. The van der Waals surface area contributed by atoms with E-state index in [1.54, 1.807) is 0 Å². The van der Waals surface area contributed by atoms with E-state index in [4.69, 9.17) is 9.97 Å². The molecule has 0 saturated carbocycles. The molecule has 0 fully saturated rings. The lowest BCUT2D eigenvalue weighted by Crippen LogP contribution is -2.14. The molecule has 0 aliphatic heterocycles. The molecule has 9 rings (SSSR count). The predicted octanol–water partition coefficient (Wildman–Crippen LogP) is 10.4. The molecule has 3 heteroatoms. The summed E-state index contributed by atoms with van der Waals surface area (Å²) in [6.07, 6.45) is 2.04. The average molecular weight is 564 g/mol. The van der Waals surface area contributed by atoms with E-state index in [-0.39, 0.29) is 5.41 Å². The van der Waals surface area contributed by atoms with Gasteiger partial charge in [0.1, 0.15) is 0 Å². The molecule has 1 aliphatic rings.